The maximum atomic E-state index is 13.4. The molecule has 2 aromatic rings. The zero-order chi connectivity index (χ0) is 11.7. The minimum atomic E-state index is -1.27. The Balaban J connectivity index is 2.50. The van der Waals surface area contributed by atoms with Gasteiger partial charge in [0.05, 0.1) is 11.3 Å². The van der Waals surface area contributed by atoms with Gasteiger partial charge in [-0.05, 0) is 18.2 Å². The van der Waals surface area contributed by atoms with Crippen molar-refractivity contribution in [2.45, 2.75) is 0 Å². The standard InChI is InChI=1S/C11H9FN2O2/c1-14-10(4-5-13-14)7-2-3-8(11(15)16)9(12)6-7/h2-6H,1H3,(H,15,16). The molecule has 0 bridgehead atoms. The first-order valence-electron chi connectivity index (χ1n) is 4.61. The van der Waals surface area contributed by atoms with Gasteiger partial charge in [0, 0.05) is 18.8 Å². The second kappa shape index (κ2) is 3.77. The molecule has 0 spiro atoms. The molecular weight excluding hydrogens is 211 g/mol. The largest absolute Gasteiger partial charge is 0.478 e. The molecule has 1 N–H and O–H groups in total. The number of aromatic nitrogens is 2. The monoisotopic (exact) mass is 220 g/mol. The predicted molar refractivity (Wildman–Crippen MR) is 55.6 cm³/mol. The molecule has 82 valence electrons. The Morgan fingerprint density at radius 1 is 1.44 bits per heavy atom. The molecule has 1 aromatic carbocycles. The molecule has 1 aromatic heterocycles. The Morgan fingerprint density at radius 3 is 2.69 bits per heavy atom. The second-order valence-electron chi connectivity index (χ2n) is 3.34. The fourth-order valence-corrected chi connectivity index (χ4v) is 1.50. The van der Waals surface area contributed by atoms with Crippen LogP contribution in [0.25, 0.3) is 11.3 Å². The molecule has 16 heavy (non-hydrogen) atoms. The van der Waals surface area contributed by atoms with E-state index in [4.69, 9.17) is 5.11 Å². The zero-order valence-electron chi connectivity index (χ0n) is 8.51. The minimum absolute atomic E-state index is 0.328. The number of rotatable bonds is 2. The number of carboxylic acid groups (broad SMARTS) is 1. The lowest BCUT2D eigenvalue weighted by Crippen LogP contribution is -2.01. The summed E-state index contributed by atoms with van der Waals surface area (Å²) in [5.41, 5.74) is 1.00. The van der Waals surface area contributed by atoms with E-state index in [0.29, 0.717) is 5.56 Å². The molecule has 0 aliphatic heterocycles. The quantitative estimate of drug-likeness (QED) is 0.841. The number of carboxylic acids is 1. The normalized spacial score (nSPS) is 10.4. The van der Waals surface area contributed by atoms with Crippen LogP contribution in [0.4, 0.5) is 4.39 Å². The highest BCUT2D eigenvalue weighted by atomic mass is 19.1. The topological polar surface area (TPSA) is 55.1 Å². The van der Waals surface area contributed by atoms with Gasteiger partial charge in [0.1, 0.15) is 5.82 Å². The van der Waals surface area contributed by atoms with E-state index >= 15 is 0 Å². The minimum Gasteiger partial charge on any atom is -0.478 e. The summed E-state index contributed by atoms with van der Waals surface area (Å²) in [6, 6.07) is 5.74. The third-order valence-corrected chi connectivity index (χ3v) is 2.32. The van der Waals surface area contributed by atoms with E-state index in [0.717, 1.165) is 5.69 Å². The van der Waals surface area contributed by atoms with Crippen LogP contribution >= 0.6 is 0 Å². The molecule has 0 saturated heterocycles. The Bertz CT molecular complexity index is 549. The van der Waals surface area contributed by atoms with Gasteiger partial charge in [0.2, 0.25) is 0 Å². The van der Waals surface area contributed by atoms with Gasteiger partial charge >= 0.3 is 5.97 Å². The summed E-state index contributed by atoms with van der Waals surface area (Å²) < 4.78 is 15.0. The number of hydrogen-bond acceptors (Lipinski definition) is 2. The molecular formula is C11H9FN2O2. The average molecular weight is 220 g/mol. The highest BCUT2D eigenvalue weighted by Crippen LogP contribution is 2.21. The Kier molecular flexibility index (Phi) is 2.44. The van der Waals surface area contributed by atoms with E-state index in [9.17, 15) is 9.18 Å². The van der Waals surface area contributed by atoms with Crippen LogP contribution in [-0.2, 0) is 7.05 Å². The van der Waals surface area contributed by atoms with Crippen molar-refractivity contribution in [3.05, 3.63) is 41.8 Å². The molecule has 0 aliphatic rings. The molecule has 0 aliphatic carbocycles. The highest BCUT2D eigenvalue weighted by molar-refractivity contribution is 5.88. The van der Waals surface area contributed by atoms with Crippen molar-refractivity contribution in [2.75, 3.05) is 0 Å². The van der Waals surface area contributed by atoms with Gasteiger partial charge in [0.15, 0.2) is 0 Å². The summed E-state index contributed by atoms with van der Waals surface area (Å²) in [5.74, 6) is -2.01. The van der Waals surface area contributed by atoms with Gasteiger partial charge in [0.25, 0.3) is 0 Å². The molecule has 0 fully saturated rings. The van der Waals surface area contributed by atoms with Crippen molar-refractivity contribution < 1.29 is 14.3 Å². The Morgan fingerprint density at radius 2 is 2.19 bits per heavy atom. The summed E-state index contributed by atoms with van der Waals surface area (Å²) >= 11 is 0. The summed E-state index contributed by atoms with van der Waals surface area (Å²) in [6.45, 7) is 0. The van der Waals surface area contributed by atoms with Crippen LogP contribution in [0.2, 0.25) is 0 Å². The summed E-state index contributed by atoms with van der Waals surface area (Å²) in [5, 5.41) is 12.6. The molecule has 0 unspecified atom stereocenters. The van der Waals surface area contributed by atoms with E-state index in [1.165, 1.54) is 12.1 Å². The van der Waals surface area contributed by atoms with Crippen LogP contribution in [0.3, 0.4) is 0 Å². The van der Waals surface area contributed by atoms with E-state index < -0.39 is 11.8 Å². The third kappa shape index (κ3) is 1.67. The number of nitrogens with zero attached hydrogens (tertiary/aromatic N) is 2. The van der Waals surface area contributed by atoms with Crippen LogP contribution in [0.5, 0.6) is 0 Å². The first-order valence-corrected chi connectivity index (χ1v) is 4.61. The SMILES string of the molecule is Cn1nccc1-c1ccc(C(=O)O)c(F)c1. The van der Waals surface area contributed by atoms with Gasteiger partial charge in [-0.25, -0.2) is 9.18 Å². The molecule has 0 atom stereocenters. The smallest absolute Gasteiger partial charge is 0.338 e. The van der Waals surface area contributed by atoms with Crippen LogP contribution < -0.4 is 0 Å². The van der Waals surface area contributed by atoms with Crippen molar-refractivity contribution >= 4 is 5.97 Å². The van der Waals surface area contributed by atoms with Gasteiger partial charge in [-0.2, -0.15) is 5.10 Å². The third-order valence-electron chi connectivity index (χ3n) is 2.32. The summed E-state index contributed by atoms with van der Waals surface area (Å²) in [6.07, 6.45) is 1.60. The van der Waals surface area contributed by atoms with Crippen LogP contribution in [-0.4, -0.2) is 20.9 Å². The van der Waals surface area contributed by atoms with Gasteiger partial charge in [-0.3, -0.25) is 4.68 Å². The number of hydrogen-bond donors (Lipinski definition) is 1. The molecule has 2 rings (SSSR count). The number of benzene rings is 1. The zero-order valence-corrected chi connectivity index (χ0v) is 8.51. The lowest BCUT2D eigenvalue weighted by molar-refractivity contribution is 0.0692. The second-order valence-corrected chi connectivity index (χ2v) is 3.34. The lowest BCUT2D eigenvalue weighted by Gasteiger charge is -2.03. The average Bonchev–Trinajstić information content (AvgIpc) is 2.63. The van der Waals surface area contributed by atoms with E-state index in [-0.39, 0.29) is 5.56 Å². The predicted octanol–water partition coefficient (Wildman–Crippen LogP) is 1.92. The Labute approximate surface area is 90.9 Å². The lowest BCUT2D eigenvalue weighted by atomic mass is 10.1. The molecule has 4 nitrogen and oxygen atoms in total. The first kappa shape index (κ1) is 10.4. The number of aromatic carboxylic acids is 1. The van der Waals surface area contributed by atoms with Gasteiger partial charge in [-0.1, -0.05) is 6.07 Å². The van der Waals surface area contributed by atoms with E-state index in [1.807, 2.05) is 0 Å². The fourth-order valence-electron chi connectivity index (χ4n) is 1.50. The van der Waals surface area contributed by atoms with Gasteiger partial charge < -0.3 is 5.11 Å². The van der Waals surface area contributed by atoms with Crippen molar-refractivity contribution in [2.24, 2.45) is 7.05 Å². The molecule has 0 saturated carbocycles. The maximum absolute atomic E-state index is 13.4. The number of halogens is 1. The summed E-state index contributed by atoms with van der Waals surface area (Å²) in [7, 11) is 1.73. The molecule has 5 heteroatoms. The van der Waals surface area contributed by atoms with Crippen LogP contribution in [0.15, 0.2) is 30.5 Å². The molecule has 0 amide bonds. The van der Waals surface area contributed by atoms with Crippen molar-refractivity contribution in [1.82, 2.24) is 9.78 Å². The number of aryl methyl sites for hydroxylation is 1. The van der Waals surface area contributed by atoms with Gasteiger partial charge in [-0.15, -0.1) is 0 Å². The van der Waals surface area contributed by atoms with Crippen molar-refractivity contribution in [1.29, 1.82) is 0 Å². The molecule has 0 radical (unpaired) electrons. The first-order chi connectivity index (χ1) is 7.59. The van der Waals surface area contributed by atoms with Crippen molar-refractivity contribution in [3.8, 4) is 11.3 Å². The summed E-state index contributed by atoms with van der Waals surface area (Å²) in [4.78, 5) is 10.6. The Hall–Kier alpha value is -2.17. The van der Waals surface area contributed by atoms with Crippen LogP contribution in [0.1, 0.15) is 10.4 Å². The maximum Gasteiger partial charge on any atom is 0.338 e. The van der Waals surface area contributed by atoms with Crippen molar-refractivity contribution in [3.63, 3.8) is 0 Å². The highest BCUT2D eigenvalue weighted by Gasteiger charge is 2.12. The fraction of sp³-hybridized carbons (Fsp3) is 0.0909. The van der Waals surface area contributed by atoms with E-state index in [1.54, 1.807) is 30.1 Å². The molecule has 1 heterocycles. The number of carbonyl (C=O) groups is 1. The van der Waals surface area contributed by atoms with E-state index in [2.05, 4.69) is 5.10 Å². The van der Waals surface area contributed by atoms with Crippen LogP contribution in [0, 0.1) is 5.82 Å².